The van der Waals surface area contributed by atoms with Crippen molar-refractivity contribution < 1.29 is 4.74 Å². The normalized spacial score (nSPS) is 32.3. The van der Waals surface area contributed by atoms with Crippen LogP contribution in [0, 0.1) is 23.2 Å². The summed E-state index contributed by atoms with van der Waals surface area (Å²) in [7, 11) is 1.77. The van der Waals surface area contributed by atoms with Gasteiger partial charge in [-0.2, -0.15) is 0 Å². The van der Waals surface area contributed by atoms with Gasteiger partial charge in [-0.15, -0.1) is 0 Å². The van der Waals surface area contributed by atoms with Gasteiger partial charge in [-0.25, -0.2) is 0 Å². The molecule has 2 heteroatoms. The summed E-state index contributed by atoms with van der Waals surface area (Å²) >= 11 is 0. The summed E-state index contributed by atoms with van der Waals surface area (Å²) in [6.07, 6.45) is 7.51. The van der Waals surface area contributed by atoms with E-state index in [0.29, 0.717) is 5.41 Å². The third-order valence-corrected chi connectivity index (χ3v) is 4.79. The molecule has 0 saturated heterocycles. The fourth-order valence-corrected chi connectivity index (χ4v) is 4.01. The Kier molecular flexibility index (Phi) is 4.48. The van der Waals surface area contributed by atoms with Crippen LogP contribution in [0.15, 0.2) is 0 Å². The van der Waals surface area contributed by atoms with Gasteiger partial charge in [0, 0.05) is 20.2 Å². The van der Waals surface area contributed by atoms with Gasteiger partial charge in [0.2, 0.25) is 0 Å². The fourth-order valence-electron chi connectivity index (χ4n) is 4.01. The molecule has 2 rings (SSSR count). The highest BCUT2D eigenvalue weighted by molar-refractivity contribution is 4.92. The average Bonchev–Trinajstić information content (AvgIpc) is 2.85. The minimum atomic E-state index is 0.447. The molecule has 0 aliphatic heterocycles. The molecule has 3 atom stereocenters. The highest BCUT2D eigenvalue weighted by Crippen LogP contribution is 2.51. The van der Waals surface area contributed by atoms with Crippen molar-refractivity contribution in [2.24, 2.45) is 23.2 Å². The lowest BCUT2D eigenvalue weighted by Crippen LogP contribution is -2.34. The van der Waals surface area contributed by atoms with Crippen LogP contribution in [0.1, 0.15) is 46.0 Å². The largest absolute Gasteiger partial charge is 0.383 e. The number of rotatable bonds is 7. The summed E-state index contributed by atoms with van der Waals surface area (Å²) in [4.78, 5) is 0. The second kappa shape index (κ2) is 5.71. The van der Waals surface area contributed by atoms with Crippen molar-refractivity contribution in [3.8, 4) is 0 Å². The molecule has 100 valence electrons. The minimum absolute atomic E-state index is 0.447. The summed E-state index contributed by atoms with van der Waals surface area (Å²) < 4.78 is 5.07. The second-order valence-electron chi connectivity index (χ2n) is 6.97. The van der Waals surface area contributed by atoms with Gasteiger partial charge in [-0.05, 0) is 48.9 Å². The van der Waals surface area contributed by atoms with Crippen LogP contribution >= 0.6 is 0 Å². The molecule has 2 saturated carbocycles. The average molecular weight is 239 g/mol. The van der Waals surface area contributed by atoms with Crippen molar-refractivity contribution in [1.82, 2.24) is 5.32 Å². The number of methoxy groups -OCH3 is 1. The molecule has 17 heavy (non-hydrogen) atoms. The minimum Gasteiger partial charge on any atom is -0.383 e. The van der Waals surface area contributed by atoms with Crippen molar-refractivity contribution in [3.63, 3.8) is 0 Å². The molecule has 0 heterocycles. The van der Waals surface area contributed by atoms with Gasteiger partial charge in [0.25, 0.3) is 0 Å². The lowest BCUT2D eigenvalue weighted by molar-refractivity contribution is 0.178. The molecule has 2 nitrogen and oxygen atoms in total. The molecule has 2 aliphatic carbocycles. The van der Waals surface area contributed by atoms with Gasteiger partial charge in [0.15, 0.2) is 0 Å². The quantitative estimate of drug-likeness (QED) is 0.689. The predicted octanol–water partition coefficient (Wildman–Crippen LogP) is 3.07. The predicted molar refractivity (Wildman–Crippen MR) is 72.1 cm³/mol. The Morgan fingerprint density at radius 1 is 1.24 bits per heavy atom. The van der Waals surface area contributed by atoms with E-state index in [1.165, 1.54) is 32.1 Å². The molecule has 2 bridgehead atoms. The van der Waals surface area contributed by atoms with Gasteiger partial charge in [0.1, 0.15) is 0 Å². The lowest BCUT2D eigenvalue weighted by atomic mass is 9.76. The van der Waals surface area contributed by atoms with E-state index in [1.54, 1.807) is 7.11 Å². The molecule has 0 amide bonds. The Balaban J connectivity index is 1.69. The first-order valence-electron chi connectivity index (χ1n) is 7.30. The third-order valence-electron chi connectivity index (χ3n) is 4.79. The van der Waals surface area contributed by atoms with Crippen LogP contribution in [0.4, 0.5) is 0 Å². The highest BCUT2D eigenvalue weighted by Gasteiger charge is 2.41. The Labute approximate surface area is 107 Å². The standard InChI is InChI=1S/C15H29NO/c1-15(2,11-16-6-7-17-3)10-14-9-12-4-5-13(14)8-12/h12-14,16H,4-11H2,1-3H3. The third kappa shape index (κ3) is 3.69. The number of hydrogen-bond donors (Lipinski definition) is 1. The molecule has 1 N–H and O–H groups in total. The lowest BCUT2D eigenvalue weighted by Gasteiger charge is -2.32. The SMILES string of the molecule is COCCNCC(C)(C)CC1CC2CCC1C2. The summed E-state index contributed by atoms with van der Waals surface area (Å²) in [5, 5.41) is 3.52. The monoisotopic (exact) mass is 239 g/mol. The molecular formula is C15H29NO. The first-order valence-corrected chi connectivity index (χ1v) is 7.30. The molecule has 0 spiro atoms. The first kappa shape index (κ1) is 13.4. The van der Waals surface area contributed by atoms with E-state index >= 15 is 0 Å². The van der Waals surface area contributed by atoms with Gasteiger partial charge in [-0.3, -0.25) is 0 Å². The van der Waals surface area contributed by atoms with Gasteiger partial charge in [-0.1, -0.05) is 20.3 Å². The van der Waals surface area contributed by atoms with E-state index in [-0.39, 0.29) is 0 Å². The number of hydrogen-bond acceptors (Lipinski definition) is 2. The topological polar surface area (TPSA) is 21.3 Å². The van der Waals surface area contributed by atoms with Crippen LogP contribution in [0.2, 0.25) is 0 Å². The van der Waals surface area contributed by atoms with Crippen LogP contribution in [-0.4, -0.2) is 26.8 Å². The maximum absolute atomic E-state index is 5.07. The van der Waals surface area contributed by atoms with Crippen LogP contribution in [-0.2, 0) is 4.74 Å². The Bertz CT molecular complexity index is 239. The van der Waals surface area contributed by atoms with Crippen LogP contribution in [0.25, 0.3) is 0 Å². The zero-order valence-electron chi connectivity index (χ0n) is 11.8. The molecule has 0 aromatic rings. The number of nitrogens with one attached hydrogen (secondary N) is 1. The first-order chi connectivity index (χ1) is 8.11. The summed E-state index contributed by atoms with van der Waals surface area (Å²) in [6.45, 7) is 7.77. The Hall–Kier alpha value is -0.0800. The van der Waals surface area contributed by atoms with Gasteiger partial charge >= 0.3 is 0 Å². The molecule has 0 aromatic carbocycles. The van der Waals surface area contributed by atoms with Gasteiger partial charge < -0.3 is 10.1 Å². The molecule has 0 radical (unpaired) electrons. The van der Waals surface area contributed by atoms with E-state index in [1.807, 2.05) is 0 Å². The Morgan fingerprint density at radius 3 is 2.65 bits per heavy atom. The van der Waals surface area contributed by atoms with E-state index in [4.69, 9.17) is 4.74 Å². The van der Waals surface area contributed by atoms with E-state index in [0.717, 1.165) is 37.5 Å². The molecule has 3 unspecified atom stereocenters. The van der Waals surface area contributed by atoms with Crippen LogP contribution < -0.4 is 5.32 Å². The van der Waals surface area contributed by atoms with Gasteiger partial charge in [0.05, 0.1) is 6.61 Å². The Morgan fingerprint density at radius 2 is 2.06 bits per heavy atom. The summed E-state index contributed by atoms with van der Waals surface area (Å²) in [5.41, 5.74) is 0.447. The van der Waals surface area contributed by atoms with Crippen molar-refractivity contribution in [1.29, 1.82) is 0 Å². The van der Waals surface area contributed by atoms with E-state index in [9.17, 15) is 0 Å². The number of ether oxygens (including phenoxy) is 1. The maximum Gasteiger partial charge on any atom is 0.0587 e. The zero-order chi connectivity index (χ0) is 12.3. The van der Waals surface area contributed by atoms with Crippen molar-refractivity contribution in [2.75, 3.05) is 26.8 Å². The molecule has 2 aliphatic rings. The molecule has 0 aromatic heterocycles. The van der Waals surface area contributed by atoms with Crippen molar-refractivity contribution in [3.05, 3.63) is 0 Å². The van der Waals surface area contributed by atoms with Crippen molar-refractivity contribution >= 4 is 0 Å². The molecule has 2 fully saturated rings. The van der Waals surface area contributed by atoms with E-state index in [2.05, 4.69) is 19.2 Å². The number of fused-ring (bicyclic) bond motifs is 2. The smallest absolute Gasteiger partial charge is 0.0587 e. The maximum atomic E-state index is 5.07. The fraction of sp³-hybridized carbons (Fsp3) is 1.00. The highest BCUT2D eigenvalue weighted by atomic mass is 16.5. The summed E-state index contributed by atoms with van der Waals surface area (Å²) in [5.74, 6) is 3.17. The van der Waals surface area contributed by atoms with Crippen LogP contribution in [0.3, 0.4) is 0 Å². The zero-order valence-corrected chi connectivity index (χ0v) is 11.8. The summed E-state index contributed by atoms with van der Waals surface area (Å²) in [6, 6.07) is 0. The van der Waals surface area contributed by atoms with Crippen LogP contribution in [0.5, 0.6) is 0 Å². The molecular weight excluding hydrogens is 210 g/mol. The second-order valence-corrected chi connectivity index (χ2v) is 6.97. The van der Waals surface area contributed by atoms with E-state index < -0.39 is 0 Å². The van der Waals surface area contributed by atoms with Crippen molar-refractivity contribution in [2.45, 2.75) is 46.0 Å².